The lowest BCUT2D eigenvalue weighted by Gasteiger charge is -2.06. The minimum absolute atomic E-state index is 0.299. The van der Waals surface area contributed by atoms with Gasteiger partial charge in [0.05, 0.1) is 22.9 Å². The fourth-order valence-electron chi connectivity index (χ4n) is 2.35. The quantitative estimate of drug-likeness (QED) is 0.399. The number of benzene rings is 2. The topological polar surface area (TPSA) is 64.1 Å². The minimum Gasteiger partial charge on any atom is -0.461 e. The van der Waals surface area contributed by atoms with Crippen LogP contribution in [0.3, 0.4) is 0 Å². The Kier molecular flexibility index (Phi) is 5.72. The van der Waals surface area contributed by atoms with Crippen LogP contribution in [0.5, 0.6) is 0 Å². The molecule has 0 amide bonds. The smallest absolute Gasteiger partial charge is 0.330 e. The summed E-state index contributed by atoms with van der Waals surface area (Å²) in [6.07, 6.45) is 6.85. The van der Waals surface area contributed by atoms with Crippen molar-refractivity contribution in [3.63, 3.8) is 0 Å². The average molecular weight is 345 g/mol. The molecule has 0 saturated carbocycles. The number of rotatable bonds is 7. The van der Waals surface area contributed by atoms with Crippen LogP contribution in [-0.4, -0.2) is 29.1 Å². The fraction of sp³-hybridized carbons (Fsp3) is 0.0952. The van der Waals surface area contributed by atoms with Crippen LogP contribution in [0.1, 0.15) is 11.3 Å². The van der Waals surface area contributed by atoms with Crippen LogP contribution in [0.15, 0.2) is 67.4 Å². The van der Waals surface area contributed by atoms with Gasteiger partial charge in [0.1, 0.15) is 6.61 Å². The lowest BCUT2D eigenvalue weighted by Crippen LogP contribution is -2.12. The second-order valence-corrected chi connectivity index (χ2v) is 5.54. The summed E-state index contributed by atoms with van der Waals surface area (Å²) < 4.78 is 4.91. The maximum absolute atomic E-state index is 10.9. The summed E-state index contributed by atoms with van der Waals surface area (Å²) in [6, 6.07) is 15.8. The SMILES string of the molecule is C=CC(=O)OCCNc1ccc(/C=C/c2cnc3ccccc3n2)cc1. The van der Waals surface area contributed by atoms with Crippen LogP contribution < -0.4 is 5.32 Å². The van der Waals surface area contributed by atoms with E-state index in [9.17, 15) is 4.79 Å². The Hall–Kier alpha value is -3.47. The molecule has 5 nitrogen and oxygen atoms in total. The van der Waals surface area contributed by atoms with Crippen molar-refractivity contribution in [3.8, 4) is 0 Å². The first-order chi connectivity index (χ1) is 12.7. The van der Waals surface area contributed by atoms with E-state index >= 15 is 0 Å². The Morgan fingerprint density at radius 1 is 1.08 bits per heavy atom. The molecule has 3 rings (SSSR count). The van der Waals surface area contributed by atoms with E-state index in [1.54, 1.807) is 6.20 Å². The molecular weight excluding hydrogens is 326 g/mol. The van der Waals surface area contributed by atoms with Gasteiger partial charge in [0.2, 0.25) is 0 Å². The molecule has 0 aliphatic carbocycles. The number of nitrogens with one attached hydrogen (secondary N) is 1. The van der Waals surface area contributed by atoms with Gasteiger partial charge in [-0.1, -0.05) is 36.9 Å². The Bertz CT molecular complexity index is 933. The Balaban J connectivity index is 1.56. The third-order valence-corrected chi connectivity index (χ3v) is 3.67. The number of ether oxygens (including phenoxy) is 1. The number of hydrogen-bond acceptors (Lipinski definition) is 5. The third kappa shape index (κ3) is 4.77. The van der Waals surface area contributed by atoms with Gasteiger partial charge in [-0.3, -0.25) is 4.98 Å². The summed E-state index contributed by atoms with van der Waals surface area (Å²) >= 11 is 0. The van der Waals surface area contributed by atoms with Crippen LogP contribution in [0.25, 0.3) is 23.2 Å². The van der Waals surface area contributed by atoms with Crippen molar-refractivity contribution in [2.75, 3.05) is 18.5 Å². The van der Waals surface area contributed by atoms with Gasteiger partial charge >= 0.3 is 5.97 Å². The van der Waals surface area contributed by atoms with Crippen molar-refractivity contribution in [1.82, 2.24) is 9.97 Å². The van der Waals surface area contributed by atoms with Crippen LogP contribution in [0, 0.1) is 0 Å². The molecule has 0 fully saturated rings. The van der Waals surface area contributed by atoms with E-state index < -0.39 is 5.97 Å². The molecule has 0 saturated heterocycles. The van der Waals surface area contributed by atoms with Crippen molar-refractivity contribution >= 4 is 34.8 Å². The van der Waals surface area contributed by atoms with E-state index in [4.69, 9.17) is 4.74 Å². The van der Waals surface area contributed by atoms with E-state index in [2.05, 4.69) is 21.9 Å². The van der Waals surface area contributed by atoms with Gasteiger partial charge in [-0.2, -0.15) is 0 Å². The first-order valence-electron chi connectivity index (χ1n) is 8.27. The molecule has 2 aromatic carbocycles. The molecule has 0 bridgehead atoms. The monoisotopic (exact) mass is 345 g/mol. The van der Waals surface area contributed by atoms with Gasteiger partial charge in [0.25, 0.3) is 0 Å². The number of nitrogens with zero attached hydrogens (tertiary/aromatic N) is 2. The predicted molar refractivity (Wildman–Crippen MR) is 105 cm³/mol. The zero-order valence-corrected chi connectivity index (χ0v) is 14.3. The van der Waals surface area contributed by atoms with Crippen LogP contribution in [0.2, 0.25) is 0 Å². The molecule has 3 aromatic rings. The highest BCUT2D eigenvalue weighted by molar-refractivity contribution is 5.81. The van der Waals surface area contributed by atoms with Crippen molar-refractivity contribution < 1.29 is 9.53 Å². The number of carbonyl (C=O) groups is 1. The molecule has 5 heteroatoms. The maximum Gasteiger partial charge on any atom is 0.330 e. The average Bonchev–Trinajstić information content (AvgIpc) is 2.70. The standard InChI is InChI=1S/C21H19N3O2/c1-2-21(25)26-14-13-22-17-10-7-16(8-11-17)9-12-18-15-23-19-5-3-4-6-20(19)24-18/h2-12,15,22H,1,13-14H2/b12-9+. The van der Waals surface area contributed by atoms with Crippen LogP contribution in [0.4, 0.5) is 5.69 Å². The van der Waals surface area contributed by atoms with Gasteiger partial charge < -0.3 is 10.1 Å². The van der Waals surface area contributed by atoms with Crippen molar-refractivity contribution in [2.24, 2.45) is 0 Å². The van der Waals surface area contributed by atoms with Crippen molar-refractivity contribution in [2.45, 2.75) is 0 Å². The van der Waals surface area contributed by atoms with E-state index in [0.29, 0.717) is 13.2 Å². The summed E-state index contributed by atoms with van der Waals surface area (Å²) in [7, 11) is 0. The molecule has 0 radical (unpaired) electrons. The van der Waals surface area contributed by atoms with E-state index in [1.807, 2.05) is 60.7 Å². The Labute approximate surface area is 152 Å². The van der Waals surface area contributed by atoms with Crippen LogP contribution in [-0.2, 0) is 9.53 Å². The summed E-state index contributed by atoms with van der Waals surface area (Å²) in [6.45, 7) is 4.19. The first-order valence-corrected chi connectivity index (χ1v) is 8.27. The lowest BCUT2D eigenvalue weighted by atomic mass is 10.2. The number of para-hydroxylation sites is 2. The fourth-order valence-corrected chi connectivity index (χ4v) is 2.35. The highest BCUT2D eigenvalue weighted by atomic mass is 16.5. The predicted octanol–water partition coefficient (Wildman–Crippen LogP) is 3.94. The number of carbonyl (C=O) groups excluding carboxylic acids is 1. The number of aromatic nitrogens is 2. The third-order valence-electron chi connectivity index (χ3n) is 3.67. The van der Waals surface area contributed by atoms with Gasteiger partial charge in [-0.05, 0) is 35.9 Å². The molecule has 0 unspecified atom stereocenters. The van der Waals surface area contributed by atoms with E-state index in [1.165, 1.54) is 0 Å². The van der Waals surface area contributed by atoms with Gasteiger partial charge in [-0.25, -0.2) is 9.78 Å². The molecule has 0 atom stereocenters. The normalized spacial score (nSPS) is 10.8. The highest BCUT2D eigenvalue weighted by Gasteiger charge is 1.97. The number of hydrogen-bond donors (Lipinski definition) is 1. The summed E-state index contributed by atoms with van der Waals surface area (Å²) in [4.78, 5) is 19.9. The Morgan fingerprint density at radius 3 is 2.62 bits per heavy atom. The largest absolute Gasteiger partial charge is 0.461 e. The summed E-state index contributed by atoms with van der Waals surface area (Å²) in [5.74, 6) is -0.413. The minimum atomic E-state index is -0.413. The molecular formula is C21H19N3O2. The molecule has 1 heterocycles. The molecule has 26 heavy (non-hydrogen) atoms. The van der Waals surface area contributed by atoms with E-state index in [0.717, 1.165) is 34.1 Å². The van der Waals surface area contributed by atoms with Crippen LogP contribution >= 0.6 is 0 Å². The second kappa shape index (κ2) is 8.58. The molecule has 0 aliphatic heterocycles. The molecule has 0 aliphatic rings. The summed E-state index contributed by atoms with van der Waals surface area (Å²) in [5.41, 5.74) is 4.60. The zero-order valence-electron chi connectivity index (χ0n) is 14.3. The van der Waals surface area contributed by atoms with Gasteiger partial charge in [0, 0.05) is 18.3 Å². The molecule has 1 aromatic heterocycles. The van der Waals surface area contributed by atoms with E-state index in [-0.39, 0.29) is 0 Å². The lowest BCUT2D eigenvalue weighted by molar-refractivity contribution is -0.137. The van der Waals surface area contributed by atoms with Gasteiger partial charge in [0.15, 0.2) is 0 Å². The molecule has 1 N–H and O–H groups in total. The van der Waals surface area contributed by atoms with Crippen molar-refractivity contribution in [3.05, 3.63) is 78.6 Å². The maximum atomic E-state index is 10.9. The van der Waals surface area contributed by atoms with Gasteiger partial charge in [-0.15, -0.1) is 0 Å². The zero-order chi connectivity index (χ0) is 18.2. The second-order valence-electron chi connectivity index (χ2n) is 5.54. The number of esters is 1. The first kappa shape index (κ1) is 17.4. The number of anilines is 1. The molecule has 130 valence electrons. The highest BCUT2D eigenvalue weighted by Crippen LogP contribution is 2.13. The molecule has 0 spiro atoms. The Morgan fingerprint density at radius 2 is 1.85 bits per heavy atom. The number of fused-ring (bicyclic) bond motifs is 1. The summed E-state index contributed by atoms with van der Waals surface area (Å²) in [5, 5.41) is 3.19. The van der Waals surface area contributed by atoms with Crippen molar-refractivity contribution in [1.29, 1.82) is 0 Å².